The van der Waals surface area contributed by atoms with E-state index >= 15 is 0 Å². The number of thiazole rings is 1. The third kappa shape index (κ3) is 4.61. The lowest BCUT2D eigenvalue weighted by atomic mass is 10.1. The van der Waals surface area contributed by atoms with Crippen LogP contribution in [0.4, 0.5) is 0 Å². The number of aromatic nitrogens is 1. The predicted octanol–water partition coefficient (Wildman–Crippen LogP) is 2.73. The number of rotatable bonds is 8. The molecule has 0 bridgehead atoms. The SMILES string of the molecule is COc1cc(CCC(=O)NCc2nc(C)cs2)cc(OC)c1OC. The average Bonchev–Trinajstić information content (AvgIpc) is 3.02. The smallest absolute Gasteiger partial charge is 0.220 e. The maximum absolute atomic E-state index is 12.0. The van der Waals surface area contributed by atoms with Crippen LogP contribution in [0, 0.1) is 6.92 Å². The van der Waals surface area contributed by atoms with Crippen LogP contribution in [0.25, 0.3) is 0 Å². The van der Waals surface area contributed by atoms with Gasteiger partial charge in [0.2, 0.25) is 11.7 Å². The van der Waals surface area contributed by atoms with E-state index in [2.05, 4.69) is 10.3 Å². The van der Waals surface area contributed by atoms with Gasteiger partial charge in [0.1, 0.15) is 5.01 Å². The highest BCUT2D eigenvalue weighted by atomic mass is 32.1. The van der Waals surface area contributed by atoms with Crippen LogP contribution < -0.4 is 19.5 Å². The minimum atomic E-state index is -0.0170. The highest BCUT2D eigenvalue weighted by Gasteiger charge is 2.14. The van der Waals surface area contributed by atoms with E-state index in [9.17, 15) is 4.79 Å². The van der Waals surface area contributed by atoms with Gasteiger partial charge in [-0.1, -0.05) is 0 Å². The zero-order valence-corrected chi connectivity index (χ0v) is 15.2. The zero-order valence-electron chi connectivity index (χ0n) is 14.3. The summed E-state index contributed by atoms with van der Waals surface area (Å²) in [4.78, 5) is 16.3. The molecule has 0 spiro atoms. The third-order valence-electron chi connectivity index (χ3n) is 3.47. The van der Waals surface area contributed by atoms with Gasteiger partial charge in [0, 0.05) is 17.5 Å². The van der Waals surface area contributed by atoms with Gasteiger partial charge in [-0.2, -0.15) is 0 Å². The molecule has 1 heterocycles. The van der Waals surface area contributed by atoms with Gasteiger partial charge in [0.05, 0.1) is 27.9 Å². The van der Waals surface area contributed by atoms with Crippen molar-refractivity contribution in [3.8, 4) is 17.2 Å². The molecule has 0 aliphatic carbocycles. The summed E-state index contributed by atoms with van der Waals surface area (Å²) in [5.41, 5.74) is 1.92. The van der Waals surface area contributed by atoms with Crippen LogP contribution in [0.3, 0.4) is 0 Å². The van der Waals surface area contributed by atoms with Gasteiger partial charge >= 0.3 is 0 Å². The normalized spacial score (nSPS) is 10.3. The molecule has 0 saturated heterocycles. The van der Waals surface area contributed by atoms with Crippen LogP contribution in [-0.4, -0.2) is 32.2 Å². The van der Waals surface area contributed by atoms with Crippen molar-refractivity contribution in [2.45, 2.75) is 26.3 Å². The summed E-state index contributed by atoms with van der Waals surface area (Å²) in [6.07, 6.45) is 0.961. The zero-order chi connectivity index (χ0) is 17.5. The van der Waals surface area contributed by atoms with E-state index in [0.717, 1.165) is 16.3 Å². The first kappa shape index (κ1) is 18.1. The molecule has 7 heteroatoms. The minimum Gasteiger partial charge on any atom is -0.493 e. The largest absolute Gasteiger partial charge is 0.493 e. The van der Waals surface area contributed by atoms with Crippen molar-refractivity contribution in [2.75, 3.05) is 21.3 Å². The van der Waals surface area contributed by atoms with E-state index in [1.54, 1.807) is 32.7 Å². The highest BCUT2D eigenvalue weighted by molar-refractivity contribution is 7.09. The molecule has 1 N–H and O–H groups in total. The van der Waals surface area contributed by atoms with Crippen molar-refractivity contribution in [1.29, 1.82) is 0 Å². The number of ether oxygens (including phenoxy) is 3. The first-order valence-electron chi connectivity index (χ1n) is 7.54. The molecule has 24 heavy (non-hydrogen) atoms. The minimum absolute atomic E-state index is 0.0170. The molecule has 0 aliphatic rings. The average molecular weight is 350 g/mol. The molecule has 0 fully saturated rings. The highest BCUT2D eigenvalue weighted by Crippen LogP contribution is 2.38. The number of amides is 1. The Kier molecular flexibility index (Phi) is 6.43. The second-order valence-electron chi connectivity index (χ2n) is 5.19. The van der Waals surface area contributed by atoms with E-state index in [4.69, 9.17) is 14.2 Å². The summed E-state index contributed by atoms with van der Waals surface area (Å²) in [6, 6.07) is 3.72. The molecule has 0 atom stereocenters. The molecule has 0 radical (unpaired) electrons. The molecule has 0 unspecified atom stereocenters. The van der Waals surface area contributed by atoms with Crippen LogP contribution in [0.15, 0.2) is 17.5 Å². The molecule has 1 amide bonds. The number of carbonyl (C=O) groups excluding carboxylic acids is 1. The number of methoxy groups -OCH3 is 3. The Morgan fingerprint density at radius 1 is 1.17 bits per heavy atom. The van der Waals surface area contributed by atoms with E-state index in [0.29, 0.717) is 36.6 Å². The van der Waals surface area contributed by atoms with Crippen molar-refractivity contribution in [2.24, 2.45) is 0 Å². The van der Waals surface area contributed by atoms with Crippen LogP contribution in [0.1, 0.15) is 22.7 Å². The molecular formula is C17H22N2O4S. The number of hydrogen-bond donors (Lipinski definition) is 1. The molecule has 0 aliphatic heterocycles. The number of carbonyl (C=O) groups is 1. The summed E-state index contributed by atoms with van der Waals surface area (Å²) in [5.74, 6) is 1.71. The van der Waals surface area contributed by atoms with Gasteiger partial charge in [-0.05, 0) is 31.0 Å². The summed E-state index contributed by atoms with van der Waals surface area (Å²) in [6.45, 7) is 2.40. The monoisotopic (exact) mass is 350 g/mol. The molecule has 130 valence electrons. The number of aryl methyl sites for hydroxylation is 2. The van der Waals surface area contributed by atoms with Crippen molar-refractivity contribution >= 4 is 17.2 Å². The molecule has 0 saturated carbocycles. The maximum Gasteiger partial charge on any atom is 0.220 e. The fourth-order valence-electron chi connectivity index (χ4n) is 2.28. The molecule has 1 aromatic heterocycles. The number of benzene rings is 1. The molecule has 1 aromatic carbocycles. The van der Waals surface area contributed by atoms with Gasteiger partial charge in [-0.15, -0.1) is 11.3 Å². The number of hydrogen-bond acceptors (Lipinski definition) is 6. The van der Waals surface area contributed by atoms with Crippen molar-refractivity contribution in [3.05, 3.63) is 33.8 Å². The van der Waals surface area contributed by atoms with Gasteiger partial charge in [-0.25, -0.2) is 4.98 Å². The second kappa shape index (κ2) is 8.54. The van der Waals surface area contributed by atoms with Crippen LogP contribution in [0.5, 0.6) is 17.2 Å². The van der Waals surface area contributed by atoms with E-state index in [-0.39, 0.29) is 5.91 Å². The van der Waals surface area contributed by atoms with Crippen molar-refractivity contribution < 1.29 is 19.0 Å². The van der Waals surface area contributed by atoms with Crippen LogP contribution >= 0.6 is 11.3 Å². The molecule has 2 rings (SSSR count). The van der Waals surface area contributed by atoms with Gasteiger partial charge < -0.3 is 19.5 Å². The third-order valence-corrected chi connectivity index (χ3v) is 4.44. The molecule has 2 aromatic rings. The maximum atomic E-state index is 12.0. The van der Waals surface area contributed by atoms with Gasteiger partial charge in [0.15, 0.2) is 11.5 Å². The lowest BCUT2D eigenvalue weighted by Gasteiger charge is -2.14. The Labute approximate surface area is 145 Å². The van der Waals surface area contributed by atoms with E-state index in [1.165, 1.54) is 0 Å². The van der Waals surface area contributed by atoms with E-state index in [1.807, 2.05) is 24.4 Å². The van der Waals surface area contributed by atoms with Gasteiger partial charge in [0.25, 0.3) is 0 Å². The van der Waals surface area contributed by atoms with Crippen LogP contribution in [0.2, 0.25) is 0 Å². The summed E-state index contributed by atoms with van der Waals surface area (Å²) < 4.78 is 15.9. The number of nitrogens with zero attached hydrogens (tertiary/aromatic N) is 1. The predicted molar refractivity (Wildman–Crippen MR) is 93.1 cm³/mol. The quantitative estimate of drug-likeness (QED) is 0.793. The summed E-state index contributed by atoms with van der Waals surface area (Å²) in [5, 5.41) is 5.76. The topological polar surface area (TPSA) is 69.7 Å². The molecular weight excluding hydrogens is 328 g/mol. The fourth-order valence-corrected chi connectivity index (χ4v) is 3.00. The second-order valence-corrected chi connectivity index (χ2v) is 6.14. The first-order valence-corrected chi connectivity index (χ1v) is 8.42. The Balaban J connectivity index is 1.94. The fraction of sp³-hybridized carbons (Fsp3) is 0.412. The standard InChI is InChI=1S/C17H22N2O4S/c1-11-10-24-16(19-11)9-18-15(20)6-5-12-7-13(21-2)17(23-4)14(8-12)22-3/h7-8,10H,5-6,9H2,1-4H3,(H,18,20). The summed E-state index contributed by atoms with van der Waals surface area (Å²) in [7, 11) is 4.71. The molecule has 6 nitrogen and oxygen atoms in total. The Hall–Kier alpha value is -2.28. The van der Waals surface area contributed by atoms with Gasteiger partial charge in [-0.3, -0.25) is 4.79 Å². The van der Waals surface area contributed by atoms with Crippen LogP contribution in [-0.2, 0) is 17.8 Å². The summed E-state index contributed by atoms with van der Waals surface area (Å²) >= 11 is 1.55. The number of nitrogens with one attached hydrogen (secondary N) is 1. The lowest BCUT2D eigenvalue weighted by molar-refractivity contribution is -0.121. The van der Waals surface area contributed by atoms with Crippen molar-refractivity contribution in [1.82, 2.24) is 10.3 Å². The Morgan fingerprint density at radius 2 is 1.83 bits per heavy atom. The Morgan fingerprint density at radius 3 is 2.33 bits per heavy atom. The first-order chi connectivity index (χ1) is 11.6. The van der Waals surface area contributed by atoms with Crippen molar-refractivity contribution in [3.63, 3.8) is 0 Å². The lowest BCUT2D eigenvalue weighted by Crippen LogP contribution is -2.22. The Bertz CT molecular complexity index is 675. The van der Waals surface area contributed by atoms with E-state index < -0.39 is 0 Å².